The third-order valence-corrected chi connectivity index (χ3v) is 4.04. The molecule has 4 atom stereocenters. The molecule has 1 aromatic rings. The highest BCUT2D eigenvalue weighted by Gasteiger charge is 2.39. The van der Waals surface area contributed by atoms with Gasteiger partial charge in [0.2, 0.25) is 0 Å². The number of hydrogen-bond acceptors (Lipinski definition) is 10. The van der Waals surface area contributed by atoms with Crippen molar-refractivity contribution in [3.8, 4) is 0 Å². The fourth-order valence-electron chi connectivity index (χ4n) is 1.96. The average molecular weight is 430 g/mol. The molecular formula is C13H18O12S2. The summed E-state index contributed by atoms with van der Waals surface area (Å²) in [5.41, 5.74) is 0.313. The molecule has 0 fully saturated rings. The quantitative estimate of drug-likeness (QED) is 0.188. The molecule has 0 saturated carbocycles. The molecule has 0 heterocycles. The van der Waals surface area contributed by atoms with Crippen molar-refractivity contribution < 1.29 is 54.7 Å². The van der Waals surface area contributed by atoms with Crippen LogP contribution in [-0.4, -0.2) is 77.4 Å². The molecule has 1 rings (SSSR count). The second-order valence-corrected chi connectivity index (χ2v) is 7.25. The second-order valence-electron chi connectivity index (χ2n) is 5.15. The maximum Gasteiger partial charge on any atom is 0.398 e. The van der Waals surface area contributed by atoms with E-state index in [1.54, 1.807) is 18.2 Å². The Morgan fingerprint density at radius 1 is 0.963 bits per heavy atom. The van der Waals surface area contributed by atoms with Crippen molar-refractivity contribution in [2.75, 3.05) is 6.61 Å². The van der Waals surface area contributed by atoms with Gasteiger partial charge in [0.1, 0.15) is 24.1 Å². The van der Waals surface area contributed by atoms with Gasteiger partial charge in [-0.3, -0.25) is 9.11 Å². The van der Waals surface area contributed by atoms with Gasteiger partial charge in [0.25, 0.3) is 0 Å². The summed E-state index contributed by atoms with van der Waals surface area (Å²) >= 11 is 0. The molecule has 27 heavy (non-hydrogen) atoms. The monoisotopic (exact) mass is 430 g/mol. The van der Waals surface area contributed by atoms with E-state index in [1.165, 1.54) is 12.1 Å². The lowest BCUT2D eigenvalue weighted by atomic mass is 10.0. The highest BCUT2D eigenvalue weighted by atomic mass is 32.3. The zero-order valence-corrected chi connectivity index (χ0v) is 15.1. The Morgan fingerprint density at radius 3 is 1.93 bits per heavy atom. The van der Waals surface area contributed by atoms with E-state index in [0.717, 1.165) is 6.08 Å². The van der Waals surface area contributed by atoms with E-state index < -0.39 is 57.6 Å². The lowest BCUT2D eigenvalue weighted by Crippen LogP contribution is -2.49. The van der Waals surface area contributed by atoms with E-state index in [9.17, 15) is 32.2 Å². The van der Waals surface area contributed by atoms with E-state index in [4.69, 9.17) is 14.2 Å². The molecule has 0 bridgehead atoms. The van der Waals surface area contributed by atoms with E-state index in [0.29, 0.717) is 5.56 Å². The first-order chi connectivity index (χ1) is 12.3. The van der Waals surface area contributed by atoms with Gasteiger partial charge < -0.3 is 20.4 Å². The predicted molar refractivity (Wildman–Crippen MR) is 89.0 cm³/mol. The Bertz CT molecular complexity index is 833. The Labute approximate surface area is 154 Å². The summed E-state index contributed by atoms with van der Waals surface area (Å²) < 4.78 is 68.9. The second kappa shape index (κ2) is 9.54. The third kappa shape index (κ3) is 8.29. The SMILES string of the molecule is O=S(=O)(O)O[C@H](C(O)=Cc1ccccc1)[C@@H](O)[C@H](O)[C@@H](CO)OS(=O)(=O)O. The molecule has 0 aliphatic heterocycles. The molecule has 0 saturated heterocycles. The molecule has 0 unspecified atom stereocenters. The summed E-state index contributed by atoms with van der Waals surface area (Å²) in [6.45, 7) is -1.24. The molecule has 0 amide bonds. The normalized spacial score (nSPS) is 17.9. The lowest BCUT2D eigenvalue weighted by molar-refractivity contribution is -0.100. The standard InChI is InChI=1S/C13H18O12S2/c14-7-10(24-26(18,19)20)11(16)12(17)13(25-27(21,22)23)9(15)6-8-4-2-1-3-5-8/h1-6,10-17H,7H2,(H,18,19,20)(H,21,22,23)/t10-,11-,12+,13-/m1/s1. The first kappa shape index (κ1) is 23.4. The molecule has 1 aromatic carbocycles. The minimum Gasteiger partial charge on any atom is -0.509 e. The van der Waals surface area contributed by atoms with Gasteiger partial charge in [0, 0.05) is 0 Å². The molecule has 0 aliphatic carbocycles. The largest absolute Gasteiger partial charge is 0.509 e. The van der Waals surface area contributed by atoms with Crippen molar-refractivity contribution in [3.05, 3.63) is 41.7 Å². The smallest absolute Gasteiger partial charge is 0.398 e. The van der Waals surface area contributed by atoms with Crippen LogP contribution in [0.15, 0.2) is 36.1 Å². The topological polar surface area (TPSA) is 208 Å². The average Bonchev–Trinajstić information content (AvgIpc) is 2.55. The van der Waals surface area contributed by atoms with Crippen LogP contribution in [0, 0.1) is 0 Å². The molecule has 12 nitrogen and oxygen atoms in total. The summed E-state index contributed by atoms with van der Waals surface area (Å²) in [6, 6.07) is 7.70. The zero-order valence-electron chi connectivity index (χ0n) is 13.4. The highest BCUT2D eigenvalue weighted by Crippen LogP contribution is 2.20. The molecule has 6 N–H and O–H groups in total. The Balaban J connectivity index is 3.19. The molecular weight excluding hydrogens is 412 g/mol. The molecule has 0 spiro atoms. The maximum atomic E-state index is 11.0. The molecule has 0 aromatic heterocycles. The van der Waals surface area contributed by atoms with Crippen molar-refractivity contribution in [3.63, 3.8) is 0 Å². The van der Waals surface area contributed by atoms with Crippen LogP contribution in [0.25, 0.3) is 6.08 Å². The van der Waals surface area contributed by atoms with Crippen molar-refractivity contribution in [1.82, 2.24) is 0 Å². The maximum absolute atomic E-state index is 11.0. The summed E-state index contributed by atoms with van der Waals surface area (Å²) in [5.74, 6) is -0.978. The summed E-state index contributed by atoms with van der Waals surface area (Å²) in [5, 5.41) is 39.1. The first-order valence-electron chi connectivity index (χ1n) is 7.08. The molecule has 14 heteroatoms. The van der Waals surface area contributed by atoms with Crippen molar-refractivity contribution in [1.29, 1.82) is 0 Å². The van der Waals surface area contributed by atoms with Crippen molar-refractivity contribution >= 4 is 26.9 Å². The van der Waals surface area contributed by atoms with Crippen LogP contribution < -0.4 is 0 Å². The van der Waals surface area contributed by atoms with E-state index in [1.807, 2.05) is 0 Å². The zero-order chi connectivity index (χ0) is 20.8. The minimum absolute atomic E-state index is 0.313. The van der Waals surface area contributed by atoms with Gasteiger partial charge in [-0.25, -0.2) is 8.37 Å². The Kier molecular flexibility index (Phi) is 8.27. The fraction of sp³-hybridized carbons (Fsp3) is 0.385. The van der Waals surface area contributed by atoms with Crippen LogP contribution in [-0.2, 0) is 29.2 Å². The number of aliphatic hydroxyl groups excluding tert-OH is 4. The van der Waals surface area contributed by atoms with Crippen LogP contribution in [0.4, 0.5) is 0 Å². The van der Waals surface area contributed by atoms with Crippen LogP contribution >= 0.6 is 0 Å². The highest BCUT2D eigenvalue weighted by molar-refractivity contribution is 7.81. The van der Waals surface area contributed by atoms with E-state index in [-0.39, 0.29) is 0 Å². The van der Waals surface area contributed by atoms with Crippen LogP contribution in [0.5, 0.6) is 0 Å². The van der Waals surface area contributed by atoms with Gasteiger partial charge in [-0.05, 0) is 11.6 Å². The van der Waals surface area contributed by atoms with Crippen molar-refractivity contribution in [2.45, 2.75) is 24.4 Å². The van der Waals surface area contributed by atoms with Crippen molar-refractivity contribution in [2.24, 2.45) is 0 Å². The predicted octanol–water partition coefficient (Wildman–Crippen LogP) is -1.32. The number of aliphatic hydroxyl groups is 4. The Hall–Kier alpha value is -1.62. The van der Waals surface area contributed by atoms with Gasteiger partial charge in [0.15, 0.2) is 6.10 Å². The first-order valence-corrected chi connectivity index (χ1v) is 9.81. The van der Waals surface area contributed by atoms with Gasteiger partial charge in [0.05, 0.1) is 6.61 Å². The van der Waals surface area contributed by atoms with Crippen LogP contribution in [0.3, 0.4) is 0 Å². The molecule has 154 valence electrons. The van der Waals surface area contributed by atoms with Gasteiger partial charge in [-0.1, -0.05) is 30.3 Å². The molecule has 0 radical (unpaired) electrons. The summed E-state index contributed by atoms with van der Waals surface area (Å²) in [4.78, 5) is 0. The number of rotatable bonds is 10. The van der Waals surface area contributed by atoms with Gasteiger partial charge >= 0.3 is 20.8 Å². The fourth-order valence-corrected chi connectivity index (χ4v) is 2.93. The number of benzene rings is 1. The van der Waals surface area contributed by atoms with Crippen LogP contribution in [0.1, 0.15) is 5.56 Å². The number of hydrogen-bond donors (Lipinski definition) is 6. The third-order valence-electron chi connectivity index (χ3n) is 3.10. The van der Waals surface area contributed by atoms with Gasteiger partial charge in [-0.15, -0.1) is 0 Å². The van der Waals surface area contributed by atoms with Gasteiger partial charge in [-0.2, -0.15) is 16.8 Å². The minimum atomic E-state index is -5.25. The van der Waals surface area contributed by atoms with Crippen LogP contribution in [0.2, 0.25) is 0 Å². The van der Waals surface area contributed by atoms with E-state index >= 15 is 0 Å². The summed E-state index contributed by atoms with van der Waals surface area (Å²) in [6.07, 6.45) is -8.33. The Morgan fingerprint density at radius 2 is 1.48 bits per heavy atom. The lowest BCUT2D eigenvalue weighted by Gasteiger charge is -2.28. The van der Waals surface area contributed by atoms with E-state index in [2.05, 4.69) is 8.37 Å². The molecule has 0 aliphatic rings. The summed E-state index contributed by atoms with van der Waals surface area (Å²) in [7, 11) is -10.4.